The second-order valence-electron chi connectivity index (χ2n) is 7.31. The van der Waals surface area contributed by atoms with E-state index in [1.54, 1.807) is 0 Å². The first-order chi connectivity index (χ1) is 12.6. The molecule has 0 spiro atoms. The average molecular weight is 353 g/mol. The Kier molecular flexibility index (Phi) is 6.26. The summed E-state index contributed by atoms with van der Waals surface area (Å²) in [6, 6.07) is 8.42. The Labute approximate surface area is 154 Å². The van der Waals surface area contributed by atoms with Crippen LogP contribution in [0, 0.1) is 11.8 Å². The van der Waals surface area contributed by atoms with Gasteiger partial charge in [0.2, 0.25) is 0 Å². The third-order valence-corrected chi connectivity index (χ3v) is 5.42. The maximum Gasteiger partial charge on any atom is 0.303 e. The van der Waals surface area contributed by atoms with Crippen molar-refractivity contribution in [1.82, 2.24) is 4.98 Å². The van der Waals surface area contributed by atoms with E-state index in [2.05, 4.69) is 41.4 Å². The highest BCUT2D eigenvalue weighted by Crippen LogP contribution is 2.34. The molecule has 1 fully saturated rings. The van der Waals surface area contributed by atoms with Gasteiger partial charge in [-0.05, 0) is 54.3 Å². The number of fused-ring (bicyclic) bond motifs is 1. The van der Waals surface area contributed by atoms with Crippen molar-refractivity contribution in [3.63, 3.8) is 0 Å². The molecule has 1 saturated carbocycles. The van der Waals surface area contributed by atoms with Crippen LogP contribution in [0.25, 0.3) is 17.0 Å². The number of carboxylic acids is 1. The predicted molar refractivity (Wildman–Crippen MR) is 104 cm³/mol. The van der Waals surface area contributed by atoms with E-state index in [0.29, 0.717) is 18.1 Å². The monoisotopic (exact) mass is 353 g/mol. The topological polar surface area (TPSA) is 70.2 Å². The van der Waals surface area contributed by atoms with E-state index >= 15 is 0 Å². The van der Waals surface area contributed by atoms with Crippen LogP contribution in [0.3, 0.4) is 0 Å². The molecule has 4 nitrogen and oxygen atoms in total. The van der Waals surface area contributed by atoms with Gasteiger partial charge < -0.3 is 10.1 Å². The van der Waals surface area contributed by atoms with Crippen LogP contribution in [0.5, 0.6) is 0 Å². The number of H-pyrrole nitrogens is 1. The summed E-state index contributed by atoms with van der Waals surface area (Å²) < 4.78 is 0. The SMILES string of the molecule is O=C(O)CCCCCC[C@@H]1C(=O)CC[C@H]1C=Cc1ccc2[nH]ccc2c1. The molecule has 0 unspecified atom stereocenters. The standard InChI is InChI=1S/C22H27NO3/c24-21-12-10-17(19(21)5-3-1-2-4-6-22(25)26)9-7-16-8-11-20-18(15-16)13-14-23-20/h7-9,11,13-15,17,19,23H,1-6,10,12H2,(H,25,26)/t17-,19+/m1/s1. The van der Waals surface area contributed by atoms with Gasteiger partial charge in [-0.15, -0.1) is 0 Å². The van der Waals surface area contributed by atoms with Crippen molar-refractivity contribution < 1.29 is 14.7 Å². The van der Waals surface area contributed by atoms with E-state index in [1.807, 2.05) is 6.20 Å². The van der Waals surface area contributed by atoms with Crippen LogP contribution in [0.1, 0.15) is 56.9 Å². The molecule has 1 aromatic carbocycles. The van der Waals surface area contributed by atoms with E-state index < -0.39 is 5.97 Å². The molecule has 2 atom stereocenters. The second kappa shape index (κ2) is 8.84. The average Bonchev–Trinajstić information content (AvgIpc) is 3.22. The number of hydrogen-bond acceptors (Lipinski definition) is 2. The van der Waals surface area contributed by atoms with Crippen LogP contribution in [-0.2, 0) is 9.59 Å². The Bertz CT molecular complexity index is 790. The molecule has 1 aromatic heterocycles. The quantitative estimate of drug-likeness (QED) is 0.609. The lowest BCUT2D eigenvalue weighted by molar-refractivity contribution is -0.137. The molecule has 2 aromatic rings. The number of ketones is 1. The van der Waals surface area contributed by atoms with E-state index in [1.165, 1.54) is 10.9 Å². The molecule has 0 radical (unpaired) electrons. The number of hydrogen-bond donors (Lipinski definition) is 2. The summed E-state index contributed by atoms with van der Waals surface area (Å²) in [7, 11) is 0. The number of carboxylic acid groups (broad SMARTS) is 1. The molecule has 2 N–H and O–H groups in total. The van der Waals surface area contributed by atoms with Crippen molar-refractivity contribution in [1.29, 1.82) is 0 Å². The Morgan fingerprint density at radius 3 is 2.88 bits per heavy atom. The maximum absolute atomic E-state index is 12.2. The molecule has 1 aliphatic rings. The van der Waals surface area contributed by atoms with E-state index in [-0.39, 0.29) is 12.3 Å². The normalized spacial score (nSPS) is 20.4. The van der Waals surface area contributed by atoms with Gasteiger partial charge in [0.1, 0.15) is 5.78 Å². The number of Topliss-reactive ketones (excluding diaryl/α,β-unsaturated/α-hetero) is 1. The lowest BCUT2D eigenvalue weighted by Crippen LogP contribution is -2.13. The van der Waals surface area contributed by atoms with Gasteiger partial charge in [-0.25, -0.2) is 0 Å². The summed E-state index contributed by atoms with van der Waals surface area (Å²) in [6.07, 6.45) is 12.8. The fourth-order valence-corrected chi connectivity index (χ4v) is 3.94. The van der Waals surface area contributed by atoms with Crippen LogP contribution in [0.15, 0.2) is 36.5 Å². The molecule has 0 amide bonds. The third-order valence-electron chi connectivity index (χ3n) is 5.42. The zero-order valence-electron chi connectivity index (χ0n) is 15.1. The number of aliphatic carboxylic acids is 1. The molecule has 1 heterocycles. The fourth-order valence-electron chi connectivity index (χ4n) is 3.94. The lowest BCUT2D eigenvalue weighted by Gasteiger charge is -2.14. The zero-order chi connectivity index (χ0) is 18.4. The van der Waals surface area contributed by atoms with Gasteiger partial charge in [0.25, 0.3) is 0 Å². The first kappa shape index (κ1) is 18.4. The van der Waals surface area contributed by atoms with Crippen LogP contribution in [0.2, 0.25) is 0 Å². The minimum absolute atomic E-state index is 0.140. The Morgan fingerprint density at radius 2 is 2.04 bits per heavy atom. The molecular formula is C22H27NO3. The smallest absolute Gasteiger partial charge is 0.303 e. The summed E-state index contributed by atoms with van der Waals surface area (Å²) in [5, 5.41) is 9.86. The summed E-state index contributed by atoms with van der Waals surface area (Å²) in [5.41, 5.74) is 2.31. The summed E-state index contributed by atoms with van der Waals surface area (Å²) in [6.45, 7) is 0. The largest absolute Gasteiger partial charge is 0.481 e. The van der Waals surface area contributed by atoms with Gasteiger partial charge in [0, 0.05) is 30.5 Å². The minimum Gasteiger partial charge on any atom is -0.481 e. The fraction of sp³-hybridized carbons (Fsp3) is 0.455. The Hall–Kier alpha value is -2.36. The second-order valence-corrected chi connectivity index (χ2v) is 7.31. The maximum atomic E-state index is 12.2. The number of carbonyl (C=O) groups is 2. The first-order valence-electron chi connectivity index (χ1n) is 9.63. The highest BCUT2D eigenvalue weighted by atomic mass is 16.4. The number of aromatic nitrogens is 1. The Morgan fingerprint density at radius 1 is 1.19 bits per heavy atom. The number of benzene rings is 1. The summed E-state index contributed by atoms with van der Waals surface area (Å²) in [4.78, 5) is 25.9. The molecule has 4 heteroatoms. The van der Waals surface area contributed by atoms with Gasteiger partial charge in [0.05, 0.1) is 0 Å². The van der Waals surface area contributed by atoms with Crippen molar-refractivity contribution in [2.75, 3.05) is 0 Å². The lowest BCUT2D eigenvalue weighted by atomic mass is 9.89. The summed E-state index contributed by atoms with van der Waals surface area (Å²) >= 11 is 0. The van der Waals surface area contributed by atoms with Crippen molar-refractivity contribution in [3.8, 4) is 0 Å². The Balaban J connectivity index is 1.51. The number of allylic oxidation sites excluding steroid dienone is 1. The van der Waals surface area contributed by atoms with Gasteiger partial charge >= 0.3 is 5.97 Å². The highest BCUT2D eigenvalue weighted by Gasteiger charge is 2.32. The number of rotatable bonds is 9. The molecule has 1 aliphatic carbocycles. The molecule has 26 heavy (non-hydrogen) atoms. The molecule has 0 aliphatic heterocycles. The number of aromatic amines is 1. The van der Waals surface area contributed by atoms with Crippen LogP contribution in [0.4, 0.5) is 0 Å². The number of carbonyl (C=O) groups excluding carboxylic acids is 1. The molecule has 3 rings (SSSR count). The van der Waals surface area contributed by atoms with Crippen LogP contribution < -0.4 is 0 Å². The summed E-state index contributed by atoms with van der Waals surface area (Å²) in [5.74, 6) is 0.149. The van der Waals surface area contributed by atoms with Gasteiger partial charge in [-0.3, -0.25) is 9.59 Å². The van der Waals surface area contributed by atoms with Crippen molar-refractivity contribution >= 4 is 28.7 Å². The van der Waals surface area contributed by atoms with E-state index in [9.17, 15) is 9.59 Å². The third kappa shape index (κ3) is 4.84. The molecule has 138 valence electrons. The number of nitrogens with one attached hydrogen (secondary N) is 1. The first-order valence-corrected chi connectivity index (χ1v) is 9.63. The minimum atomic E-state index is -0.723. The van der Waals surface area contributed by atoms with E-state index in [4.69, 9.17) is 5.11 Å². The number of unbranched alkanes of at least 4 members (excludes halogenated alkanes) is 3. The molecular weight excluding hydrogens is 326 g/mol. The van der Waals surface area contributed by atoms with Gasteiger partial charge in [-0.2, -0.15) is 0 Å². The molecule has 0 saturated heterocycles. The molecule has 0 bridgehead atoms. The van der Waals surface area contributed by atoms with Crippen molar-refractivity contribution in [2.45, 2.75) is 51.4 Å². The highest BCUT2D eigenvalue weighted by molar-refractivity contribution is 5.84. The van der Waals surface area contributed by atoms with Crippen LogP contribution >= 0.6 is 0 Å². The van der Waals surface area contributed by atoms with E-state index in [0.717, 1.165) is 44.0 Å². The zero-order valence-corrected chi connectivity index (χ0v) is 15.1. The predicted octanol–water partition coefficient (Wildman–Crippen LogP) is 5.20. The van der Waals surface area contributed by atoms with Gasteiger partial charge in [-0.1, -0.05) is 37.5 Å². The van der Waals surface area contributed by atoms with Crippen LogP contribution in [-0.4, -0.2) is 21.8 Å². The van der Waals surface area contributed by atoms with Gasteiger partial charge in [0.15, 0.2) is 0 Å². The van der Waals surface area contributed by atoms with Crippen molar-refractivity contribution in [2.24, 2.45) is 11.8 Å². The van der Waals surface area contributed by atoms with Crippen molar-refractivity contribution in [3.05, 3.63) is 42.1 Å².